The highest BCUT2D eigenvalue weighted by molar-refractivity contribution is 14.1. The zero-order valence-corrected chi connectivity index (χ0v) is 19.1. The molecule has 0 bridgehead atoms. The van der Waals surface area contributed by atoms with Crippen LogP contribution in [0.3, 0.4) is 0 Å². The number of nitrogens with one attached hydrogen (secondary N) is 1. The highest BCUT2D eigenvalue weighted by Crippen LogP contribution is 2.33. The molecule has 0 spiro atoms. The number of nitrogens with zero attached hydrogens (tertiary/aromatic N) is 1. The second-order valence-corrected chi connectivity index (χ2v) is 8.12. The minimum Gasteiger partial charge on any atom is -0.479 e. The van der Waals surface area contributed by atoms with E-state index in [1.807, 2.05) is 0 Å². The summed E-state index contributed by atoms with van der Waals surface area (Å²) in [6, 6.07) is 9.09. The molecule has 2 aromatic carbocycles. The highest BCUT2D eigenvalue weighted by Gasteiger charge is 2.35. The van der Waals surface area contributed by atoms with Gasteiger partial charge in [-0.3, -0.25) is 14.9 Å². The first-order valence-corrected chi connectivity index (χ1v) is 10.3. The maximum absolute atomic E-state index is 14.2. The summed E-state index contributed by atoms with van der Waals surface area (Å²) in [5.74, 6) is 0.928. The maximum atomic E-state index is 14.2. The van der Waals surface area contributed by atoms with Gasteiger partial charge >= 0.3 is 0 Å². The number of carbonyl (C=O) groups excluding carboxylic acids is 2. The lowest BCUT2D eigenvalue weighted by Crippen LogP contribution is -2.54. The van der Waals surface area contributed by atoms with E-state index in [-0.39, 0.29) is 23.0 Å². The van der Waals surface area contributed by atoms with Crippen molar-refractivity contribution in [3.05, 3.63) is 61.4 Å². The number of hydrogen-bond donors (Lipinski definition) is 1. The van der Waals surface area contributed by atoms with Crippen LogP contribution in [0.1, 0.15) is 5.56 Å². The van der Waals surface area contributed by atoms with Crippen LogP contribution < -0.4 is 15.0 Å². The van der Waals surface area contributed by atoms with Gasteiger partial charge in [0.25, 0.3) is 11.8 Å². The standard InChI is InChI=1S/C20H11BrFIN2O3S/c1-2-7-28-17-13(21)9-11(10-15(17)23)8-12-18(26)24-20(29)25(19(12)27)16-6-4-3-5-14(16)22/h1,3-6,8-10H,7H2,(H,24,26,29)/b12-8+. The number of ether oxygens (including phenoxy) is 1. The number of halogens is 3. The van der Waals surface area contributed by atoms with E-state index in [2.05, 4.69) is 49.8 Å². The lowest BCUT2D eigenvalue weighted by Gasteiger charge is -2.29. The maximum Gasteiger partial charge on any atom is 0.270 e. The molecule has 0 saturated carbocycles. The minimum atomic E-state index is -0.720. The van der Waals surface area contributed by atoms with E-state index >= 15 is 0 Å². The van der Waals surface area contributed by atoms with Gasteiger partial charge in [-0.25, -0.2) is 9.29 Å². The zero-order chi connectivity index (χ0) is 21.1. The molecule has 1 heterocycles. The van der Waals surface area contributed by atoms with Gasteiger partial charge in [0.15, 0.2) is 5.11 Å². The monoisotopic (exact) mass is 584 g/mol. The number of terminal acetylenes is 1. The number of anilines is 1. The van der Waals surface area contributed by atoms with Crippen LogP contribution in [0, 0.1) is 21.7 Å². The Labute approximate surface area is 193 Å². The Morgan fingerprint density at radius 2 is 2.07 bits per heavy atom. The molecule has 146 valence electrons. The van der Waals surface area contributed by atoms with Crippen LogP contribution in [-0.4, -0.2) is 23.5 Å². The van der Waals surface area contributed by atoms with E-state index in [0.29, 0.717) is 15.8 Å². The van der Waals surface area contributed by atoms with Gasteiger partial charge < -0.3 is 4.74 Å². The van der Waals surface area contributed by atoms with E-state index < -0.39 is 17.6 Å². The Balaban J connectivity index is 2.01. The van der Waals surface area contributed by atoms with Crippen molar-refractivity contribution in [2.45, 2.75) is 0 Å². The van der Waals surface area contributed by atoms with Gasteiger partial charge in [0.05, 0.1) is 13.7 Å². The predicted octanol–water partition coefficient (Wildman–Crippen LogP) is 4.04. The second kappa shape index (κ2) is 9.02. The first-order chi connectivity index (χ1) is 13.8. The van der Waals surface area contributed by atoms with Crippen molar-refractivity contribution in [2.24, 2.45) is 0 Å². The molecule has 2 amide bonds. The normalized spacial score (nSPS) is 15.3. The Morgan fingerprint density at radius 3 is 2.72 bits per heavy atom. The first kappa shape index (κ1) is 21.4. The van der Waals surface area contributed by atoms with E-state index in [0.717, 1.165) is 8.47 Å². The summed E-state index contributed by atoms with van der Waals surface area (Å²) in [6.07, 6.45) is 6.63. The Hall–Kier alpha value is -2.29. The second-order valence-electron chi connectivity index (χ2n) is 5.72. The first-order valence-electron chi connectivity index (χ1n) is 8.04. The molecule has 0 aromatic heterocycles. The molecule has 1 aliphatic heterocycles. The van der Waals surface area contributed by atoms with Crippen molar-refractivity contribution in [3.8, 4) is 18.1 Å². The van der Waals surface area contributed by atoms with E-state index in [4.69, 9.17) is 23.4 Å². The summed E-state index contributed by atoms with van der Waals surface area (Å²) >= 11 is 10.5. The lowest BCUT2D eigenvalue weighted by atomic mass is 10.1. The third kappa shape index (κ3) is 4.49. The molecule has 29 heavy (non-hydrogen) atoms. The van der Waals surface area contributed by atoms with E-state index in [1.54, 1.807) is 18.2 Å². The third-order valence-electron chi connectivity index (χ3n) is 3.83. The van der Waals surface area contributed by atoms with Gasteiger partial charge in [-0.05, 0) is 86.6 Å². The zero-order valence-electron chi connectivity index (χ0n) is 14.5. The van der Waals surface area contributed by atoms with Crippen LogP contribution in [0.5, 0.6) is 5.75 Å². The highest BCUT2D eigenvalue weighted by atomic mass is 127. The smallest absolute Gasteiger partial charge is 0.270 e. The molecule has 2 aromatic rings. The fourth-order valence-electron chi connectivity index (χ4n) is 2.59. The van der Waals surface area contributed by atoms with Crippen LogP contribution >= 0.6 is 50.7 Å². The molecule has 5 nitrogen and oxygen atoms in total. The summed E-state index contributed by atoms with van der Waals surface area (Å²) in [5, 5.41) is 2.24. The Bertz CT molecular complexity index is 1090. The van der Waals surface area contributed by atoms with Gasteiger partial charge in [0.2, 0.25) is 0 Å². The van der Waals surface area contributed by atoms with Crippen molar-refractivity contribution in [2.75, 3.05) is 11.5 Å². The van der Waals surface area contributed by atoms with Gasteiger partial charge in [0.1, 0.15) is 23.7 Å². The molecule has 9 heteroatoms. The number of benzene rings is 2. The van der Waals surface area contributed by atoms with E-state index in [1.165, 1.54) is 24.3 Å². The molecule has 1 N–H and O–H groups in total. The average Bonchev–Trinajstić information content (AvgIpc) is 2.66. The summed E-state index contributed by atoms with van der Waals surface area (Å²) in [7, 11) is 0. The van der Waals surface area contributed by atoms with Crippen LogP contribution in [0.25, 0.3) is 6.08 Å². The van der Waals surface area contributed by atoms with Crippen molar-refractivity contribution < 1.29 is 18.7 Å². The van der Waals surface area contributed by atoms with Crippen molar-refractivity contribution >= 4 is 79.4 Å². The van der Waals surface area contributed by atoms with Gasteiger partial charge in [0, 0.05) is 0 Å². The Kier molecular flexibility index (Phi) is 6.66. The summed E-state index contributed by atoms with van der Waals surface area (Å²) in [5.41, 5.74) is 0.346. The molecule has 1 fully saturated rings. The number of amides is 2. The molecule has 3 rings (SSSR count). The molecular formula is C20H11BrFIN2O3S. The number of hydrogen-bond acceptors (Lipinski definition) is 4. The minimum absolute atomic E-state index is 0.0396. The fourth-order valence-corrected chi connectivity index (χ4v) is 4.63. The third-order valence-corrected chi connectivity index (χ3v) is 5.50. The lowest BCUT2D eigenvalue weighted by molar-refractivity contribution is -0.122. The quantitative estimate of drug-likeness (QED) is 0.194. The predicted molar refractivity (Wildman–Crippen MR) is 124 cm³/mol. The largest absolute Gasteiger partial charge is 0.479 e. The van der Waals surface area contributed by atoms with Crippen LogP contribution in [-0.2, 0) is 9.59 Å². The van der Waals surface area contributed by atoms with Crippen molar-refractivity contribution in [1.82, 2.24) is 5.32 Å². The van der Waals surface area contributed by atoms with Crippen LogP contribution in [0.2, 0.25) is 0 Å². The van der Waals surface area contributed by atoms with Gasteiger partial charge in [-0.2, -0.15) is 0 Å². The number of para-hydroxylation sites is 1. The fraction of sp³-hybridized carbons (Fsp3) is 0.0500. The van der Waals surface area contributed by atoms with Crippen LogP contribution in [0.4, 0.5) is 10.1 Å². The molecule has 1 aliphatic rings. The summed E-state index contributed by atoms with van der Waals surface area (Å²) in [4.78, 5) is 26.3. The molecular weight excluding hydrogens is 574 g/mol. The summed E-state index contributed by atoms with van der Waals surface area (Å²) < 4.78 is 21.0. The molecule has 1 saturated heterocycles. The molecule has 0 radical (unpaired) electrons. The van der Waals surface area contributed by atoms with Crippen molar-refractivity contribution in [1.29, 1.82) is 0 Å². The average molecular weight is 585 g/mol. The molecule has 0 unspecified atom stereocenters. The summed E-state index contributed by atoms with van der Waals surface area (Å²) in [6.45, 7) is 0.102. The molecule has 0 atom stereocenters. The van der Waals surface area contributed by atoms with Crippen LogP contribution in [0.15, 0.2) is 46.4 Å². The van der Waals surface area contributed by atoms with Gasteiger partial charge in [-0.1, -0.05) is 18.1 Å². The molecule has 0 aliphatic carbocycles. The number of thiocarbonyl (C=S) groups is 1. The topological polar surface area (TPSA) is 58.6 Å². The van der Waals surface area contributed by atoms with Crippen molar-refractivity contribution in [3.63, 3.8) is 0 Å². The Morgan fingerprint density at radius 1 is 1.34 bits per heavy atom. The SMILES string of the molecule is C#CCOc1c(Br)cc(/C=C2\C(=O)NC(=S)N(c3ccccc3F)C2=O)cc1I. The van der Waals surface area contributed by atoms with Gasteiger partial charge in [-0.15, -0.1) is 6.42 Å². The number of carbonyl (C=O) groups is 2. The number of rotatable bonds is 4. The van der Waals surface area contributed by atoms with E-state index in [9.17, 15) is 14.0 Å².